The predicted octanol–water partition coefficient (Wildman–Crippen LogP) is 4.98. The Hall–Kier alpha value is -2.78. The highest BCUT2D eigenvalue weighted by atomic mass is 35.5. The Labute approximate surface area is 152 Å². The quantitative estimate of drug-likeness (QED) is 0.658. The van der Waals surface area contributed by atoms with E-state index in [0.29, 0.717) is 10.7 Å². The molecule has 0 aliphatic carbocycles. The van der Waals surface area contributed by atoms with Crippen molar-refractivity contribution in [2.75, 3.05) is 17.2 Å². The summed E-state index contributed by atoms with van der Waals surface area (Å²) < 4.78 is 0. The third-order valence-electron chi connectivity index (χ3n) is 3.84. The molecule has 3 aromatic carbocycles. The Balaban J connectivity index is 1.63. The van der Waals surface area contributed by atoms with Crippen LogP contribution in [0.2, 0.25) is 5.02 Å². The molecule has 2 N–H and O–H groups in total. The minimum atomic E-state index is -0.136. The van der Waals surface area contributed by atoms with Gasteiger partial charge in [-0.3, -0.25) is 4.79 Å². The maximum absolute atomic E-state index is 12.2. The fourth-order valence-electron chi connectivity index (χ4n) is 2.60. The summed E-state index contributed by atoms with van der Waals surface area (Å²) >= 11 is 6.07. The molecule has 0 fully saturated rings. The molecule has 0 heterocycles. The van der Waals surface area contributed by atoms with Gasteiger partial charge in [-0.1, -0.05) is 72.3 Å². The van der Waals surface area contributed by atoms with Gasteiger partial charge in [0.25, 0.3) is 0 Å². The van der Waals surface area contributed by atoms with Crippen molar-refractivity contribution in [3.8, 4) is 0 Å². The first-order chi connectivity index (χ1) is 12.2. The highest BCUT2D eigenvalue weighted by Gasteiger charge is 2.07. The predicted molar refractivity (Wildman–Crippen MR) is 104 cm³/mol. The number of amides is 1. The zero-order valence-electron chi connectivity index (χ0n) is 13.7. The molecule has 3 nitrogen and oxygen atoms in total. The molecule has 0 saturated heterocycles. The van der Waals surface area contributed by atoms with E-state index in [1.807, 2.05) is 48.5 Å². The van der Waals surface area contributed by atoms with Gasteiger partial charge in [-0.15, -0.1) is 0 Å². The van der Waals surface area contributed by atoms with Crippen LogP contribution in [0, 0.1) is 0 Å². The minimum absolute atomic E-state index is 0.136. The molecule has 4 heteroatoms. The van der Waals surface area contributed by atoms with Gasteiger partial charge in [-0.2, -0.15) is 0 Å². The van der Waals surface area contributed by atoms with E-state index in [4.69, 9.17) is 11.6 Å². The van der Waals surface area contributed by atoms with E-state index in [0.717, 1.165) is 17.7 Å². The first kappa shape index (κ1) is 17.1. The molecule has 0 bridgehead atoms. The van der Waals surface area contributed by atoms with Crippen molar-refractivity contribution in [2.24, 2.45) is 0 Å². The van der Waals surface area contributed by atoms with Crippen LogP contribution in [0.25, 0.3) is 0 Å². The molecule has 126 valence electrons. The van der Waals surface area contributed by atoms with E-state index in [1.54, 1.807) is 12.1 Å². The fraction of sp³-hybridized carbons (Fsp3) is 0.0952. The van der Waals surface area contributed by atoms with Gasteiger partial charge in [0, 0.05) is 5.69 Å². The fourth-order valence-corrected chi connectivity index (χ4v) is 2.78. The number of nitrogens with one attached hydrogen (secondary N) is 2. The van der Waals surface area contributed by atoms with Gasteiger partial charge >= 0.3 is 0 Å². The molecule has 3 aromatic rings. The smallest absolute Gasteiger partial charge is 0.243 e. The number of hydrogen-bond acceptors (Lipinski definition) is 2. The highest BCUT2D eigenvalue weighted by Crippen LogP contribution is 2.21. The van der Waals surface area contributed by atoms with Gasteiger partial charge in [0.1, 0.15) is 0 Å². The second-order valence-corrected chi connectivity index (χ2v) is 6.11. The molecule has 25 heavy (non-hydrogen) atoms. The van der Waals surface area contributed by atoms with Gasteiger partial charge in [-0.25, -0.2) is 0 Å². The van der Waals surface area contributed by atoms with Gasteiger partial charge < -0.3 is 10.6 Å². The Morgan fingerprint density at radius 2 is 1.44 bits per heavy atom. The van der Waals surface area contributed by atoms with E-state index in [9.17, 15) is 4.79 Å². The molecule has 1 amide bonds. The Morgan fingerprint density at radius 1 is 0.800 bits per heavy atom. The van der Waals surface area contributed by atoms with Crippen LogP contribution in [0.4, 0.5) is 11.4 Å². The minimum Gasteiger partial charge on any atom is -0.376 e. The average Bonchev–Trinajstić information content (AvgIpc) is 2.64. The van der Waals surface area contributed by atoms with Crippen LogP contribution in [-0.2, 0) is 11.2 Å². The first-order valence-corrected chi connectivity index (χ1v) is 8.50. The maximum Gasteiger partial charge on any atom is 0.243 e. The van der Waals surface area contributed by atoms with Crippen LogP contribution >= 0.6 is 11.6 Å². The molecule has 0 atom stereocenters. The Kier molecular flexibility index (Phi) is 5.70. The molecule has 0 aliphatic heterocycles. The molecule has 0 aromatic heterocycles. The summed E-state index contributed by atoms with van der Waals surface area (Å²) in [5.74, 6) is -0.136. The third kappa shape index (κ3) is 4.85. The molecular weight excluding hydrogens is 332 g/mol. The molecule has 0 aliphatic rings. The van der Waals surface area contributed by atoms with Crippen molar-refractivity contribution in [2.45, 2.75) is 6.42 Å². The summed E-state index contributed by atoms with van der Waals surface area (Å²) in [6.45, 7) is 0.178. The number of para-hydroxylation sites is 2. The molecular formula is C21H19ClN2O. The number of halogens is 1. The normalized spacial score (nSPS) is 10.3. The van der Waals surface area contributed by atoms with Crippen LogP contribution in [0.1, 0.15) is 11.1 Å². The number of carbonyl (C=O) groups is 1. The van der Waals surface area contributed by atoms with Gasteiger partial charge in [0.2, 0.25) is 5.91 Å². The van der Waals surface area contributed by atoms with Crippen LogP contribution in [0.15, 0.2) is 78.9 Å². The van der Waals surface area contributed by atoms with Crippen molar-refractivity contribution in [1.29, 1.82) is 0 Å². The topological polar surface area (TPSA) is 41.1 Å². The monoisotopic (exact) mass is 350 g/mol. The maximum atomic E-state index is 12.2. The first-order valence-electron chi connectivity index (χ1n) is 8.12. The van der Waals surface area contributed by atoms with Crippen molar-refractivity contribution >= 4 is 28.9 Å². The number of rotatable bonds is 6. The van der Waals surface area contributed by atoms with E-state index < -0.39 is 0 Å². The van der Waals surface area contributed by atoms with E-state index >= 15 is 0 Å². The third-order valence-corrected chi connectivity index (χ3v) is 4.17. The zero-order valence-corrected chi connectivity index (χ0v) is 14.5. The lowest BCUT2D eigenvalue weighted by molar-refractivity contribution is -0.114. The van der Waals surface area contributed by atoms with E-state index in [1.165, 1.54) is 5.56 Å². The van der Waals surface area contributed by atoms with Crippen LogP contribution < -0.4 is 10.6 Å². The average molecular weight is 351 g/mol. The summed E-state index contributed by atoms with van der Waals surface area (Å²) in [7, 11) is 0. The molecule has 0 spiro atoms. The highest BCUT2D eigenvalue weighted by molar-refractivity contribution is 6.33. The zero-order chi connectivity index (χ0) is 17.5. The standard InChI is InChI=1S/C21H19ClN2O/c22-18-11-5-7-13-20(18)24-21(25)15-23-19-12-6-4-10-17(19)14-16-8-2-1-3-9-16/h1-13,23H,14-15H2,(H,24,25). The second-order valence-electron chi connectivity index (χ2n) is 5.70. The van der Waals surface area contributed by atoms with E-state index in [2.05, 4.69) is 28.8 Å². The molecule has 0 saturated carbocycles. The van der Waals surface area contributed by atoms with E-state index in [-0.39, 0.29) is 12.5 Å². The number of benzene rings is 3. The molecule has 0 radical (unpaired) electrons. The van der Waals surface area contributed by atoms with Crippen LogP contribution in [-0.4, -0.2) is 12.5 Å². The number of hydrogen-bond donors (Lipinski definition) is 2. The van der Waals surface area contributed by atoms with Crippen molar-refractivity contribution in [3.63, 3.8) is 0 Å². The lowest BCUT2D eigenvalue weighted by atomic mass is 10.0. The summed E-state index contributed by atoms with van der Waals surface area (Å²) in [6, 6.07) is 25.5. The largest absolute Gasteiger partial charge is 0.376 e. The number of carbonyl (C=O) groups excluding carboxylic acids is 1. The van der Waals surface area contributed by atoms with Crippen molar-refractivity contribution in [1.82, 2.24) is 0 Å². The second kappa shape index (κ2) is 8.36. The molecule has 0 unspecified atom stereocenters. The summed E-state index contributed by atoms with van der Waals surface area (Å²) in [6.07, 6.45) is 0.816. The summed E-state index contributed by atoms with van der Waals surface area (Å²) in [5, 5.41) is 6.56. The van der Waals surface area contributed by atoms with Gasteiger partial charge in [0.15, 0.2) is 0 Å². The van der Waals surface area contributed by atoms with Gasteiger partial charge in [-0.05, 0) is 35.7 Å². The summed E-state index contributed by atoms with van der Waals surface area (Å²) in [5.41, 5.74) is 3.96. The number of anilines is 2. The SMILES string of the molecule is O=C(CNc1ccccc1Cc1ccccc1)Nc1ccccc1Cl. The van der Waals surface area contributed by atoms with Crippen molar-refractivity contribution in [3.05, 3.63) is 95.0 Å². The lowest BCUT2D eigenvalue weighted by Crippen LogP contribution is -2.22. The van der Waals surface area contributed by atoms with Gasteiger partial charge in [0.05, 0.1) is 17.3 Å². The summed E-state index contributed by atoms with van der Waals surface area (Å²) in [4.78, 5) is 12.2. The van der Waals surface area contributed by atoms with Crippen LogP contribution in [0.3, 0.4) is 0 Å². The Bertz CT molecular complexity index is 849. The van der Waals surface area contributed by atoms with Crippen molar-refractivity contribution < 1.29 is 4.79 Å². The lowest BCUT2D eigenvalue weighted by Gasteiger charge is -2.13. The molecule has 3 rings (SSSR count). The van der Waals surface area contributed by atoms with Crippen LogP contribution in [0.5, 0.6) is 0 Å². The Morgan fingerprint density at radius 3 is 2.20 bits per heavy atom.